The fourth-order valence-electron chi connectivity index (χ4n) is 4.78. The molecule has 0 amide bonds. The van der Waals surface area contributed by atoms with Crippen molar-refractivity contribution in [3.63, 3.8) is 0 Å². The van der Waals surface area contributed by atoms with E-state index < -0.39 is 0 Å². The lowest BCUT2D eigenvalue weighted by atomic mass is 9.51. The van der Waals surface area contributed by atoms with E-state index in [0.717, 1.165) is 44.9 Å². The summed E-state index contributed by atoms with van der Waals surface area (Å²) < 4.78 is 12.1. The highest BCUT2D eigenvalue weighted by Crippen LogP contribution is 2.57. The lowest BCUT2D eigenvalue weighted by Gasteiger charge is -2.61. The maximum absolute atomic E-state index is 6.15. The normalized spacial score (nSPS) is 30.1. The molecule has 0 aromatic carbocycles. The van der Waals surface area contributed by atoms with Crippen molar-refractivity contribution >= 4 is 5.96 Å². The highest BCUT2D eigenvalue weighted by Gasteiger charge is 2.59. The van der Waals surface area contributed by atoms with Crippen LogP contribution in [0.15, 0.2) is 4.99 Å². The minimum Gasteiger partial charge on any atom is -0.378 e. The van der Waals surface area contributed by atoms with Crippen molar-refractivity contribution in [3.05, 3.63) is 0 Å². The fraction of sp³-hybridized carbons (Fsp3) is 0.950. The van der Waals surface area contributed by atoms with Gasteiger partial charge >= 0.3 is 0 Å². The zero-order chi connectivity index (χ0) is 18.1. The molecule has 0 aromatic rings. The van der Waals surface area contributed by atoms with E-state index in [1.165, 1.54) is 19.3 Å². The Kier molecular flexibility index (Phi) is 5.64. The molecule has 2 aliphatic carbocycles. The summed E-state index contributed by atoms with van der Waals surface area (Å²) in [6.07, 6.45) is 8.05. The quantitative estimate of drug-likeness (QED) is 0.624. The average molecular weight is 352 g/mol. The molecule has 2 saturated carbocycles. The highest BCUT2D eigenvalue weighted by atomic mass is 16.5. The number of nitrogens with one attached hydrogen (secondary N) is 1. The molecule has 2 atom stereocenters. The van der Waals surface area contributed by atoms with Gasteiger partial charge in [0.05, 0.1) is 17.8 Å². The topological polar surface area (TPSA) is 46.1 Å². The third-order valence-corrected chi connectivity index (χ3v) is 6.21. The first-order valence-corrected chi connectivity index (χ1v) is 10.2. The summed E-state index contributed by atoms with van der Waals surface area (Å²) in [6.45, 7) is 11.4. The molecule has 1 spiro atoms. The Morgan fingerprint density at radius 3 is 2.40 bits per heavy atom. The van der Waals surface area contributed by atoms with Crippen LogP contribution in [0.2, 0.25) is 0 Å². The van der Waals surface area contributed by atoms with Crippen LogP contribution in [0, 0.1) is 5.41 Å². The van der Waals surface area contributed by atoms with Gasteiger partial charge in [-0.1, -0.05) is 6.42 Å². The van der Waals surface area contributed by atoms with Crippen LogP contribution in [0.4, 0.5) is 0 Å². The van der Waals surface area contributed by atoms with Crippen molar-refractivity contribution in [2.75, 3.05) is 26.7 Å². The van der Waals surface area contributed by atoms with Crippen LogP contribution in [0.5, 0.6) is 0 Å². The summed E-state index contributed by atoms with van der Waals surface area (Å²) >= 11 is 0. The van der Waals surface area contributed by atoms with E-state index in [2.05, 4.69) is 42.9 Å². The van der Waals surface area contributed by atoms with Gasteiger partial charge < -0.3 is 19.7 Å². The molecule has 25 heavy (non-hydrogen) atoms. The molecule has 1 heterocycles. The summed E-state index contributed by atoms with van der Waals surface area (Å²) in [7, 11) is 1.91. The van der Waals surface area contributed by atoms with Crippen LogP contribution < -0.4 is 5.32 Å². The second-order valence-electron chi connectivity index (χ2n) is 8.93. The molecular formula is C20H37N3O2. The number of aliphatic imine (C=N–C) groups is 1. The third-order valence-electron chi connectivity index (χ3n) is 6.21. The largest absolute Gasteiger partial charge is 0.378 e. The fourth-order valence-corrected chi connectivity index (χ4v) is 4.78. The molecular weight excluding hydrogens is 314 g/mol. The van der Waals surface area contributed by atoms with Crippen molar-refractivity contribution in [1.29, 1.82) is 0 Å². The molecule has 144 valence electrons. The Labute approximate surface area is 153 Å². The molecule has 3 aliphatic rings. The van der Waals surface area contributed by atoms with E-state index in [1.54, 1.807) is 0 Å². The number of hydrogen-bond donors (Lipinski definition) is 1. The van der Waals surface area contributed by atoms with Crippen LogP contribution in [0.3, 0.4) is 0 Å². The highest BCUT2D eigenvalue weighted by molar-refractivity contribution is 5.80. The zero-order valence-electron chi connectivity index (χ0n) is 16.8. The number of ether oxygens (including phenoxy) is 2. The molecule has 0 aromatic heterocycles. The van der Waals surface area contributed by atoms with E-state index in [9.17, 15) is 0 Å². The molecule has 5 nitrogen and oxygen atoms in total. The number of rotatable bonds is 4. The second-order valence-corrected chi connectivity index (χ2v) is 8.93. The third kappa shape index (κ3) is 3.97. The van der Waals surface area contributed by atoms with Gasteiger partial charge in [0.15, 0.2) is 5.96 Å². The summed E-state index contributed by atoms with van der Waals surface area (Å²) in [4.78, 5) is 6.98. The van der Waals surface area contributed by atoms with Gasteiger partial charge in [-0.2, -0.15) is 0 Å². The van der Waals surface area contributed by atoms with Gasteiger partial charge in [0.25, 0.3) is 0 Å². The van der Waals surface area contributed by atoms with E-state index in [-0.39, 0.29) is 5.60 Å². The Hall–Kier alpha value is -0.810. The Morgan fingerprint density at radius 1 is 1.24 bits per heavy atom. The van der Waals surface area contributed by atoms with Gasteiger partial charge in [-0.25, -0.2) is 0 Å². The summed E-state index contributed by atoms with van der Waals surface area (Å²) in [5.74, 6) is 1.07. The number of hydrogen-bond acceptors (Lipinski definition) is 3. The zero-order valence-corrected chi connectivity index (χ0v) is 16.8. The van der Waals surface area contributed by atoms with E-state index in [4.69, 9.17) is 9.47 Å². The minimum absolute atomic E-state index is 0.0520. The first-order chi connectivity index (χ1) is 11.9. The van der Waals surface area contributed by atoms with E-state index in [1.807, 2.05) is 7.05 Å². The monoisotopic (exact) mass is 351 g/mol. The predicted molar refractivity (Wildman–Crippen MR) is 102 cm³/mol. The number of likely N-dealkylation sites (tertiary alicyclic amines) is 1. The Balaban J connectivity index is 1.51. The van der Waals surface area contributed by atoms with Crippen molar-refractivity contribution in [3.8, 4) is 0 Å². The first-order valence-electron chi connectivity index (χ1n) is 10.2. The van der Waals surface area contributed by atoms with Gasteiger partial charge in [0.1, 0.15) is 0 Å². The number of piperidine rings is 1. The van der Waals surface area contributed by atoms with Crippen LogP contribution in [-0.4, -0.2) is 61.5 Å². The molecule has 1 N–H and O–H groups in total. The molecule has 2 unspecified atom stereocenters. The van der Waals surface area contributed by atoms with Crippen molar-refractivity contribution in [2.24, 2.45) is 10.4 Å². The smallest absolute Gasteiger partial charge is 0.193 e. The Morgan fingerprint density at radius 2 is 1.92 bits per heavy atom. The number of guanidine groups is 1. The van der Waals surface area contributed by atoms with Crippen LogP contribution in [0.25, 0.3) is 0 Å². The van der Waals surface area contributed by atoms with Crippen molar-refractivity contribution in [1.82, 2.24) is 10.2 Å². The number of nitrogens with zero attached hydrogens (tertiary/aromatic N) is 2. The SMILES string of the molecule is CCOC1CC(NC(=NC)N2CCC(OC(C)(C)C)CC2)C12CCC2. The van der Waals surface area contributed by atoms with E-state index in [0.29, 0.717) is 23.7 Å². The maximum Gasteiger partial charge on any atom is 0.193 e. The summed E-state index contributed by atoms with van der Waals surface area (Å²) in [5, 5.41) is 3.77. The second kappa shape index (κ2) is 7.43. The molecule has 3 fully saturated rings. The van der Waals surface area contributed by atoms with Crippen molar-refractivity contribution in [2.45, 2.75) is 90.1 Å². The van der Waals surface area contributed by atoms with Crippen molar-refractivity contribution < 1.29 is 9.47 Å². The lowest BCUT2D eigenvalue weighted by Crippen LogP contribution is -2.69. The first kappa shape index (κ1) is 19.0. The van der Waals surface area contributed by atoms with Gasteiger partial charge in [-0.15, -0.1) is 0 Å². The van der Waals surface area contributed by atoms with Crippen LogP contribution in [-0.2, 0) is 9.47 Å². The Bertz CT molecular complexity index is 474. The molecule has 0 bridgehead atoms. The minimum atomic E-state index is -0.0520. The molecule has 5 heteroatoms. The average Bonchev–Trinajstić information content (AvgIpc) is 2.48. The molecule has 1 aliphatic heterocycles. The van der Waals surface area contributed by atoms with Crippen LogP contribution in [0.1, 0.15) is 66.2 Å². The van der Waals surface area contributed by atoms with Gasteiger partial charge in [0.2, 0.25) is 0 Å². The summed E-state index contributed by atoms with van der Waals surface area (Å²) in [5.41, 5.74) is 0.323. The van der Waals surface area contributed by atoms with Gasteiger partial charge in [0, 0.05) is 38.2 Å². The standard InChI is InChI=1S/C20H37N3O2/c1-6-24-17-14-16(20(17)10-7-11-20)22-18(21-5)23-12-8-15(9-13-23)25-19(2,3)4/h15-17H,6-14H2,1-5H3,(H,21,22). The summed E-state index contributed by atoms with van der Waals surface area (Å²) in [6, 6.07) is 0.528. The van der Waals surface area contributed by atoms with E-state index >= 15 is 0 Å². The maximum atomic E-state index is 6.15. The molecule has 1 saturated heterocycles. The predicted octanol–water partition coefficient (Wildman–Crippen LogP) is 3.19. The van der Waals surface area contributed by atoms with Crippen LogP contribution >= 0.6 is 0 Å². The lowest BCUT2D eigenvalue weighted by molar-refractivity contribution is -0.169. The van der Waals surface area contributed by atoms with Gasteiger partial charge in [-0.05, 0) is 59.8 Å². The van der Waals surface area contributed by atoms with Gasteiger partial charge in [-0.3, -0.25) is 4.99 Å². The molecule has 3 rings (SSSR count). The molecule has 0 radical (unpaired) electrons.